The van der Waals surface area contributed by atoms with Gasteiger partial charge in [-0.3, -0.25) is 0 Å². The summed E-state index contributed by atoms with van der Waals surface area (Å²) < 4.78 is 14.5. The Morgan fingerprint density at radius 1 is 1.30 bits per heavy atom. The number of hydrogen-bond acceptors (Lipinski definition) is 4. The van der Waals surface area contributed by atoms with E-state index in [4.69, 9.17) is 11.1 Å². The van der Waals surface area contributed by atoms with Crippen molar-refractivity contribution < 1.29 is 4.39 Å². The van der Waals surface area contributed by atoms with Crippen LogP contribution in [0.1, 0.15) is 44.1 Å². The van der Waals surface area contributed by atoms with E-state index < -0.39 is 5.82 Å². The summed E-state index contributed by atoms with van der Waals surface area (Å²) in [7, 11) is 0. The number of benzene rings is 1. The van der Waals surface area contributed by atoms with Gasteiger partial charge in [0.2, 0.25) is 0 Å². The van der Waals surface area contributed by atoms with E-state index in [0.29, 0.717) is 23.6 Å². The molecule has 1 saturated carbocycles. The number of allylic oxidation sites excluding steroid dienone is 8. The predicted octanol–water partition coefficient (Wildman–Crippen LogP) is 6.73. The first-order valence-corrected chi connectivity index (χ1v) is 11.5. The molecule has 1 atom stereocenters. The number of nitrogen functional groups attached to an aromatic ring is 1. The molecule has 1 aromatic carbocycles. The molecule has 0 saturated heterocycles. The van der Waals surface area contributed by atoms with Crippen LogP contribution in [0.3, 0.4) is 0 Å². The summed E-state index contributed by atoms with van der Waals surface area (Å²) in [6.07, 6.45) is 17.0. The first kappa shape index (κ1) is 20.7. The second-order valence-electron chi connectivity index (χ2n) is 8.08. The molecule has 4 rings (SSSR count). The molecule has 3 aliphatic rings. The lowest BCUT2D eigenvalue weighted by Crippen LogP contribution is -2.07. The summed E-state index contributed by atoms with van der Waals surface area (Å²) in [5, 5.41) is 11.6. The second kappa shape index (κ2) is 9.09. The van der Waals surface area contributed by atoms with Gasteiger partial charge in [0.05, 0.1) is 11.4 Å². The Balaban J connectivity index is 1.45. The van der Waals surface area contributed by atoms with Crippen LogP contribution in [0.15, 0.2) is 70.8 Å². The van der Waals surface area contributed by atoms with E-state index in [2.05, 4.69) is 36.2 Å². The Hall–Kier alpha value is -2.53. The molecule has 1 unspecified atom stereocenters. The zero-order chi connectivity index (χ0) is 21.1. The molecular formula is C25H28FN3S. The van der Waals surface area contributed by atoms with E-state index in [0.717, 1.165) is 30.7 Å². The van der Waals surface area contributed by atoms with Crippen LogP contribution in [0.4, 0.5) is 15.8 Å². The molecule has 30 heavy (non-hydrogen) atoms. The van der Waals surface area contributed by atoms with Crippen molar-refractivity contribution in [1.29, 1.82) is 5.41 Å². The monoisotopic (exact) mass is 421 g/mol. The van der Waals surface area contributed by atoms with E-state index in [1.54, 1.807) is 12.1 Å². The molecule has 1 fully saturated rings. The van der Waals surface area contributed by atoms with Crippen LogP contribution in [0.2, 0.25) is 0 Å². The van der Waals surface area contributed by atoms with Crippen molar-refractivity contribution in [2.24, 2.45) is 5.92 Å². The van der Waals surface area contributed by atoms with Gasteiger partial charge in [-0.1, -0.05) is 30.9 Å². The Kier molecular flexibility index (Phi) is 6.28. The number of nitrogens with two attached hydrogens (primary N) is 1. The van der Waals surface area contributed by atoms with Gasteiger partial charge >= 0.3 is 0 Å². The zero-order valence-corrected chi connectivity index (χ0v) is 18.0. The molecule has 2 aliphatic carbocycles. The molecule has 0 amide bonds. The highest BCUT2D eigenvalue weighted by Gasteiger charge is 2.19. The number of rotatable bonds is 7. The molecule has 4 N–H and O–H groups in total. The van der Waals surface area contributed by atoms with E-state index >= 15 is 0 Å². The highest BCUT2D eigenvalue weighted by atomic mass is 32.2. The lowest BCUT2D eigenvalue weighted by atomic mass is 9.91. The smallest absolute Gasteiger partial charge is 0.148 e. The van der Waals surface area contributed by atoms with Crippen LogP contribution in [0.5, 0.6) is 0 Å². The number of hydrogen-bond donors (Lipinski definition) is 3. The van der Waals surface area contributed by atoms with Gasteiger partial charge < -0.3 is 16.5 Å². The summed E-state index contributed by atoms with van der Waals surface area (Å²) in [5.74, 6) is 0.970. The molecule has 0 bridgehead atoms. The summed E-state index contributed by atoms with van der Waals surface area (Å²) in [6.45, 7) is 4.03. The van der Waals surface area contributed by atoms with Crippen LogP contribution in [0.25, 0.3) is 0 Å². The van der Waals surface area contributed by atoms with Gasteiger partial charge in [0.15, 0.2) is 0 Å². The zero-order valence-electron chi connectivity index (χ0n) is 17.1. The normalized spacial score (nSPS) is 20.6. The Labute approximate surface area is 182 Å². The van der Waals surface area contributed by atoms with E-state index in [1.807, 2.05) is 11.8 Å². The fourth-order valence-corrected chi connectivity index (χ4v) is 5.23. The molecule has 0 aromatic heterocycles. The van der Waals surface area contributed by atoms with Crippen molar-refractivity contribution in [3.8, 4) is 0 Å². The Bertz CT molecular complexity index is 1000. The van der Waals surface area contributed by atoms with Crippen molar-refractivity contribution in [2.45, 2.75) is 38.5 Å². The summed E-state index contributed by atoms with van der Waals surface area (Å²) >= 11 is 1.82. The number of nitrogens with one attached hydrogen (secondary N) is 2. The molecule has 1 aliphatic heterocycles. The maximum atomic E-state index is 14.5. The topological polar surface area (TPSA) is 61.9 Å². The van der Waals surface area contributed by atoms with Crippen LogP contribution in [-0.4, -0.2) is 11.5 Å². The highest BCUT2D eigenvalue weighted by Crippen LogP contribution is 2.36. The highest BCUT2D eigenvalue weighted by molar-refractivity contribution is 8.03. The van der Waals surface area contributed by atoms with E-state index in [1.165, 1.54) is 35.0 Å². The fraction of sp³-hybridized carbons (Fsp3) is 0.320. The molecule has 1 aromatic rings. The van der Waals surface area contributed by atoms with Gasteiger partial charge in [-0.25, -0.2) is 4.39 Å². The third-order valence-corrected chi connectivity index (χ3v) is 6.89. The van der Waals surface area contributed by atoms with Crippen molar-refractivity contribution >= 4 is 28.8 Å². The van der Waals surface area contributed by atoms with Crippen LogP contribution in [0, 0.1) is 17.1 Å². The minimum Gasteiger partial charge on any atom is -0.398 e. The molecule has 3 nitrogen and oxygen atoms in total. The molecule has 1 heterocycles. The minimum absolute atomic E-state index is 0.271. The third-order valence-electron chi connectivity index (χ3n) is 5.77. The average Bonchev–Trinajstić information content (AvgIpc) is 3.39. The van der Waals surface area contributed by atoms with Gasteiger partial charge in [-0.05, 0) is 72.3 Å². The van der Waals surface area contributed by atoms with Crippen LogP contribution < -0.4 is 11.1 Å². The van der Waals surface area contributed by atoms with Gasteiger partial charge in [0, 0.05) is 29.1 Å². The Morgan fingerprint density at radius 3 is 2.93 bits per heavy atom. The minimum atomic E-state index is -0.432. The van der Waals surface area contributed by atoms with Crippen molar-refractivity contribution in [1.82, 2.24) is 0 Å². The maximum Gasteiger partial charge on any atom is 0.148 e. The molecule has 5 heteroatoms. The largest absolute Gasteiger partial charge is 0.398 e. The Morgan fingerprint density at radius 2 is 2.13 bits per heavy atom. The molecule has 0 spiro atoms. The molecular weight excluding hydrogens is 393 g/mol. The number of anilines is 2. The van der Waals surface area contributed by atoms with Crippen molar-refractivity contribution in [2.75, 3.05) is 16.8 Å². The maximum absolute atomic E-state index is 14.5. The van der Waals surface area contributed by atoms with E-state index in [-0.39, 0.29) is 11.4 Å². The first-order chi connectivity index (χ1) is 14.5. The second-order valence-corrected chi connectivity index (χ2v) is 9.30. The van der Waals surface area contributed by atoms with Crippen LogP contribution in [-0.2, 0) is 0 Å². The van der Waals surface area contributed by atoms with Gasteiger partial charge in [0.1, 0.15) is 5.82 Å². The van der Waals surface area contributed by atoms with Gasteiger partial charge in [-0.15, -0.1) is 11.8 Å². The van der Waals surface area contributed by atoms with Crippen molar-refractivity contribution in [3.05, 3.63) is 82.2 Å². The molecule has 156 valence electrons. The third kappa shape index (κ3) is 4.78. The average molecular weight is 422 g/mol. The SMILES string of the molecule is C=C(CC1=CCCS1)Nc1cc(C(=N)/C=C/C2C=C3CCCC3=CC2)c(N)cc1F. The fourth-order valence-electron chi connectivity index (χ4n) is 4.22. The standard InChI is InChI=1S/C25H28FN3S/c1-16(12-20-6-3-11-30-20)29-25-14-21(24(28)15-22(25)26)23(27)10-8-17-7-9-18-4-2-5-19(18)13-17/h6,8-10,13-15,17,27,29H,1-5,7,11-12,28H2/b10-8+,27-23?. The summed E-state index contributed by atoms with van der Waals surface area (Å²) in [6, 6.07) is 2.90. The van der Waals surface area contributed by atoms with Gasteiger partial charge in [0.25, 0.3) is 0 Å². The summed E-state index contributed by atoms with van der Waals surface area (Å²) in [4.78, 5) is 1.26. The summed E-state index contributed by atoms with van der Waals surface area (Å²) in [5.41, 5.74) is 11.1. The van der Waals surface area contributed by atoms with Crippen LogP contribution >= 0.6 is 11.8 Å². The number of thioether (sulfide) groups is 1. The quantitative estimate of drug-likeness (QED) is 0.338. The van der Waals surface area contributed by atoms with Gasteiger partial charge in [-0.2, -0.15) is 0 Å². The molecule has 0 radical (unpaired) electrons. The number of fused-ring (bicyclic) bond motifs is 1. The first-order valence-electron chi connectivity index (χ1n) is 10.5. The lowest BCUT2D eigenvalue weighted by molar-refractivity contribution is 0.632. The predicted molar refractivity (Wildman–Crippen MR) is 127 cm³/mol. The lowest BCUT2D eigenvalue weighted by Gasteiger charge is -2.15. The van der Waals surface area contributed by atoms with Crippen molar-refractivity contribution in [3.63, 3.8) is 0 Å². The number of halogens is 1. The van der Waals surface area contributed by atoms with E-state index in [9.17, 15) is 4.39 Å².